The zero-order valence-corrected chi connectivity index (χ0v) is 16.0. The van der Waals surface area contributed by atoms with E-state index in [1.807, 2.05) is 42.5 Å². The van der Waals surface area contributed by atoms with Gasteiger partial charge in [0.15, 0.2) is 11.5 Å². The number of rotatable bonds is 4. The second-order valence-corrected chi connectivity index (χ2v) is 7.62. The van der Waals surface area contributed by atoms with Crippen LogP contribution >= 0.6 is 0 Å². The number of aliphatic hydroxyl groups excluding tert-OH is 1. The number of aromatic nitrogens is 2. The van der Waals surface area contributed by atoms with E-state index in [-0.39, 0.29) is 18.6 Å². The van der Waals surface area contributed by atoms with Crippen molar-refractivity contribution in [2.75, 3.05) is 19.9 Å². The molecule has 1 fully saturated rings. The minimum Gasteiger partial charge on any atom is -0.454 e. The maximum atomic E-state index is 12.7. The highest BCUT2D eigenvalue weighted by Gasteiger charge is 2.32. The third-order valence-corrected chi connectivity index (χ3v) is 5.77. The van der Waals surface area contributed by atoms with Crippen LogP contribution in [0.4, 0.5) is 0 Å². The van der Waals surface area contributed by atoms with Gasteiger partial charge in [0, 0.05) is 31.8 Å². The summed E-state index contributed by atoms with van der Waals surface area (Å²) >= 11 is 0. The van der Waals surface area contributed by atoms with Crippen LogP contribution in [0.2, 0.25) is 0 Å². The number of β-amino-alcohol motifs (C(OH)–C–C–N with tert-alkyl or cyclic N) is 1. The number of carbonyl (C=O) groups excluding carboxylic acids is 1. The molecule has 0 unspecified atom stereocenters. The van der Waals surface area contributed by atoms with Crippen molar-refractivity contribution in [1.82, 2.24) is 14.9 Å². The molecule has 150 valence electrons. The summed E-state index contributed by atoms with van der Waals surface area (Å²) in [5.41, 5.74) is 2.92. The molecule has 3 heterocycles. The molecule has 1 amide bonds. The zero-order chi connectivity index (χ0) is 19.8. The summed E-state index contributed by atoms with van der Waals surface area (Å²) in [6.07, 6.45) is 1.06. The van der Waals surface area contributed by atoms with E-state index in [4.69, 9.17) is 9.47 Å². The van der Waals surface area contributed by atoms with E-state index in [0.29, 0.717) is 25.9 Å². The lowest BCUT2D eigenvalue weighted by atomic mass is 9.86. The van der Waals surface area contributed by atoms with Crippen LogP contribution in [0.3, 0.4) is 0 Å². The normalized spacial score (nSPS) is 20.9. The number of aliphatic hydroxyl groups is 1. The Morgan fingerprint density at radius 3 is 2.93 bits per heavy atom. The number of nitrogens with one attached hydrogen (secondary N) is 1. The number of hydrogen-bond donors (Lipinski definition) is 2. The molecular formula is C22H23N3O4. The van der Waals surface area contributed by atoms with Crippen LogP contribution in [0.15, 0.2) is 42.5 Å². The molecule has 2 aliphatic rings. The number of aromatic amines is 1. The van der Waals surface area contributed by atoms with Crippen molar-refractivity contribution in [3.63, 3.8) is 0 Å². The summed E-state index contributed by atoms with van der Waals surface area (Å²) in [7, 11) is 0. The monoisotopic (exact) mass is 393 g/mol. The predicted octanol–water partition coefficient (Wildman–Crippen LogP) is 2.60. The first kappa shape index (κ1) is 18.0. The highest BCUT2D eigenvalue weighted by molar-refractivity contribution is 5.77. The van der Waals surface area contributed by atoms with Gasteiger partial charge in [-0.15, -0.1) is 0 Å². The molecule has 0 radical (unpaired) electrons. The molecule has 7 heteroatoms. The maximum absolute atomic E-state index is 12.7. The lowest BCUT2D eigenvalue weighted by molar-refractivity contribution is -0.134. The van der Waals surface area contributed by atoms with Gasteiger partial charge in [0.1, 0.15) is 5.82 Å². The number of imidazole rings is 1. The van der Waals surface area contributed by atoms with E-state index in [1.165, 1.54) is 0 Å². The number of benzene rings is 2. The molecule has 29 heavy (non-hydrogen) atoms. The second-order valence-electron chi connectivity index (χ2n) is 7.62. The molecule has 7 nitrogen and oxygen atoms in total. The van der Waals surface area contributed by atoms with Crippen LogP contribution in [0, 0.1) is 0 Å². The number of piperidine rings is 1. The molecule has 2 N–H and O–H groups in total. The molecule has 3 aromatic rings. The van der Waals surface area contributed by atoms with E-state index in [0.717, 1.165) is 40.3 Å². The number of fused-ring (bicyclic) bond motifs is 2. The molecule has 1 aromatic heterocycles. The fraction of sp³-hybridized carbons (Fsp3) is 0.364. The molecule has 2 aromatic carbocycles. The number of likely N-dealkylation sites (tertiary alicyclic amines) is 1. The van der Waals surface area contributed by atoms with E-state index >= 15 is 0 Å². The van der Waals surface area contributed by atoms with E-state index < -0.39 is 6.10 Å². The number of aryl methyl sites for hydroxylation is 1. The van der Waals surface area contributed by atoms with Gasteiger partial charge in [0.05, 0.1) is 17.1 Å². The molecule has 1 saturated heterocycles. The van der Waals surface area contributed by atoms with E-state index in [1.54, 1.807) is 4.90 Å². The Balaban J connectivity index is 1.19. The molecule has 0 spiro atoms. The van der Waals surface area contributed by atoms with Crippen LogP contribution < -0.4 is 9.47 Å². The number of hydrogen-bond acceptors (Lipinski definition) is 5. The average Bonchev–Trinajstić information content (AvgIpc) is 3.37. The van der Waals surface area contributed by atoms with Crippen molar-refractivity contribution in [1.29, 1.82) is 0 Å². The van der Waals surface area contributed by atoms with Gasteiger partial charge in [-0.1, -0.05) is 18.2 Å². The summed E-state index contributed by atoms with van der Waals surface area (Å²) in [4.78, 5) is 22.2. The average molecular weight is 393 g/mol. The summed E-state index contributed by atoms with van der Waals surface area (Å²) in [5, 5.41) is 10.7. The Kier molecular flexibility index (Phi) is 4.60. The van der Waals surface area contributed by atoms with Gasteiger partial charge < -0.3 is 24.5 Å². The Bertz CT molecular complexity index is 1010. The SMILES string of the molecule is O=C(CCc1nc2ccccc2[nH]1)N1CC[C@@H](c2ccc3c(c2)OCO3)[C@H](O)C1. The van der Waals surface area contributed by atoms with Crippen molar-refractivity contribution in [3.8, 4) is 11.5 Å². The van der Waals surface area contributed by atoms with Crippen LogP contribution in [0.1, 0.15) is 30.1 Å². The topological polar surface area (TPSA) is 87.7 Å². The number of ether oxygens (including phenoxy) is 2. The quantitative estimate of drug-likeness (QED) is 0.711. The van der Waals surface area contributed by atoms with Crippen molar-refractivity contribution >= 4 is 16.9 Å². The van der Waals surface area contributed by atoms with Gasteiger partial charge in [-0.3, -0.25) is 4.79 Å². The predicted molar refractivity (Wildman–Crippen MR) is 107 cm³/mol. The Hall–Kier alpha value is -3.06. The molecule has 0 bridgehead atoms. The van der Waals surface area contributed by atoms with Gasteiger partial charge in [0.2, 0.25) is 12.7 Å². The number of carbonyl (C=O) groups is 1. The van der Waals surface area contributed by atoms with Crippen LogP contribution in [-0.4, -0.2) is 51.9 Å². The number of amides is 1. The van der Waals surface area contributed by atoms with Gasteiger partial charge in [-0.2, -0.15) is 0 Å². The zero-order valence-electron chi connectivity index (χ0n) is 16.0. The van der Waals surface area contributed by atoms with Crippen molar-refractivity contribution < 1.29 is 19.4 Å². The maximum Gasteiger partial charge on any atom is 0.231 e. The lowest BCUT2D eigenvalue weighted by Gasteiger charge is -2.36. The first-order valence-electron chi connectivity index (χ1n) is 9.96. The minimum absolute atomic E-state index is 0.0103. The molecule has 2 aliphatic heterocycles. The Labute approximate surface area is 168 Å². The van der Waals surface area contributed by atoms with Gasteiger partial charge in [-0.05, 0) is 36.2 Å². The third kappa shape index (κ3) is 3.53. The second kappa shape index (κ2) is 7.40. The third-order valence-electron chi connectivity index (χ3n) is 5.77. The highest BCUT2D eigenvalue weighted by atomic mass is 16.7. The number of nitrogens with zero attached hydrogens (tertiary/aromatic N) is 2. The fourth-order valence-electron chi connectivity index (χ4n) is 4.20. The van der Waals surface area contributed by atoms with Crippen molar-refractivity contribution in [3.05, 3.63) is 53.9 Å². The Morgan fingerprint density at radius 1 is 1.21 bits per heavy atom. The van der Waals surface area contributed by atoms with Gasteiger partial charge in [-0.25, -0.2) is 4.98 Å². The first-order chi connectivity index (χ1) is 14.2. The lowest BCUT2D eigenvalue weighted by Crippen LogP contribution is -2.45. The Morgan fingerprint density at radius 2 is 2.07 bits per heavy atom. The van der Waals surface area contributed by atoms with Crippen LogP contribution in [-0.2, 0) is 11.2 Å². The fourth-order valence-corrected chi connectivity index (χ4v) is 4.20. The number of para-hydroxylation sites is 2. The van der Waals surface area contributed by atoms with Crippen LogP contribution in [0.5, 0.6) is 11.5 Å². The summed E-state index contributed by atoms with van der Waals surface area (Å²) < 4.78 is 10.8. The molecule has 5 rings (SSSR count). The summed E-state index contributed by atoms with van der Waals surface area (Å²) in [6.45, 7) is 1.22. The summed E-state index contributed by atoms with van der Waals surface area (Å²) in [6, 6.07) is 13.6. The van der Waals surface area contributed by atoms with Gasteiger partial charge >= 0.3 is 0 Å². The molecule has 0 saturated carbocycles. The van der Waals surface area contributed by atoms with Gasteiger partial charge in [0.25, 0.3) is 0 Å². The molecule has 0 aliphatic carbocycles. The van der Waals surface area contributed by atoms with Crippen LogP contribution in [0.25, 0.3) is 11.0 Å². The minimum atomic E-state index is -0.598. The van der Waals surface area contributed by atoms with E-state index in [2.05, 4.69) is 9.97 Å². The molecular weight excluding hydrogens is 370 g/mol. The number of H-pyrrole nitrogens is 1. The first-order valence-corrected chi connectivity index (χ1v) is 9.96. The van der Waals surface area contributed by atoms with Crippen molar-refractivity contribution in [2.24, 2.45) is 0 Å². The summed E-state index contributed by atoms with van der Waals surface area (Å²) in [5.74, 6) is 2.31. The standard InChI is InChI=1S/C22H23N3O4/c26-18-12-25(10-9-15(18)14-5-6-19-20(11-14)29-13-28-19)22(27)8-7-21-23-16-3-1-2-4-17(16)24-21/h1-6,11,15,18,26H,7-10,12-13H2,(H,23,24)/t15-,18+/m0/s1. The smallest absolute Gasteiger partial charge is 0.231 e. The van der Waals surface area contributed by atoms with Crippen molar-refractivity contribution in [2.45, 2.75) is 31.3 Å². The van der Waals surface area contributed by atoms with E-state index in [9.17, 15) is 9.90 Å². The largest absolute Gasteiger partial charge is 0.454 e. The highest BCUT2D eigenvalue weighted by Crippen LogP contribution is 2.37. The molecule has 2 atom stereocenters.